The van der Waals surface area contributed by atoms with Crippen LogP contribution in [0.15, 0.2) is 24.3 Å². The Morgan fingerprint density at radius 1 is 1.31 bits per heavy atom. The summed E-state index contributed by atoms with van der Waals surface area (Å²) in [6, 6.07) is 4.53. The average Bonchev–Trinajstić information content (AvgIpc) is 2.53. The number of carbonyl (C=O) groups is 2. The quantitative estimate of drug-likeness (QED) is 0.326. The number of rotatable bonds is 8. The van der Waals surface area contributed by atoms with Crippen LogP contribution in [-0.2, 0) is 14.6 Å². The first-order valence-corrected chi connectivity index (χ1v) is 9.33. The van der Waals surface area contributed by atoms with Crippen molar-refractivity contribution in [1.29, 1.82) is 5.26 Å². The number of hydrogen-bond donors (Lipinski definition) is 3. The van der Waals surface area contributed by atoms with Crippen molar-refractivity contribution in [2.24, 2.45) is 0 Å². The van der Waals surface area contributed by atoms with Gasteiger partial charge in [-0.2, -0.15) is 5.26 Å². The molecule has 11 nitrogen and oxygen atoms in total. The van der Waals surface area contributed by atoms with Gasteiger partial charge in [0.1, 0.15) is 15.9 Å². The van der Waals surface area contributed by atoms with Gasteiger partial charge in [-0.25, -0.2) is 13.2 Å². The second kappa shape index (κ2) is 9.33. The van der Waals surface area contributed by atoms with E-state index in [1.807, 2.05) is 6.07 Å². The molecule has 0 radical (unpaired) electrons. The van der Waals surface area contributed by atoms with E-state index >= 15 is 0 Å². The van der Waals surface area contributed by atoms with Gasteiger partial charge in [0.2, 0.25) is 5.91 Å². The molecular weight excluding hydrogens is 366 g/mol. The molecule has 1 aromatic carbocycles. The lowest BCUT2D eigenvalue weighted by molar-refractivity contribution is -0.384. The Balaban J connectivity index is 2.75. The molecule has 0 heterocycles. The number of nitriles is 1. The van der Waals surface area contributed by atoms with Crippen LogP contribution in [0.3, 0.4) is 0 Å². The van der Waals surface area contributed by atoms with Crippen LogP contribution in [-0.4, -0.2) is 49.9 Å². The number of amides is 3. The summed E-state index contributed by atoms with van der Waals surface area (Å²) >= 11 is 0. The lowest BCUT2D eigenvalue weighted by atomic mass is 10.3. The summed E-state index contributed by atoms with van der Waals surface area (Å²) < 4.78 is 22.9. The number of nitro benzene ring substituents is 1. The number of benzene rings is 1. The van der Waals surface area contributed by atoms with Crippen LogP contribution in [0.5, 0.6) is 0 Å². The molecule has 0 aliphatic heterocycles. The van der Waals surface area contributed by atoms with E-state index in [1.54, 1.807) is 0 Å². The number of non-ortho nitro benzene ring substituents is 1. The van der Waals surface area contributed by atoms with Gasteiger partial charge in [-0.05, 0) is 12.1 Å². The Morgan fingerprint density at radius 3 is 2.42 bits per heavy atom. The molecule has 1 atom stereocenters. The van der Waals surface area contributed by atoms with Crippen LogP contribution in [0.4, 0.5) is 16.2 Å². The number of nitro groups is 1. The molecule has 0 aliphatic rings. The van der Waals surface area contributed by atoms with Crippen molar-refractivity contribution in [1.82, 2.24) is 10.6 Å². The summed E-state index contributed by atoms with van der Waals surface area (Å²) in [4.78, 5) is 34.0. The van der Waals surface area contributed by atoms with E-state index < -0.39 is 38.5 Å². The molecule has 0 saturated carbocycles. The number of anilines is 1. The van der Waals surface area contributed by atoms with Gasteiger partial charge in [-0.3, -0.25) is 14.9 Å². The Hall–Kier alpha value is -3.20. The van der Waals surface area contributed by atoms with Gasteiger partial charge in [0.05, 0.1) is 23.2 Å². The van der Waals surface area contributed by atoms with Crippen LogP contribution in [0.2, 0.25) is 0 Å². The predicted octanol–water partition coefficient (Wildman–Crippen LogP) is 0.159. The van der Waals surface area contributed by atoms with Crippen LogP contribution in [0, 0.1) is 21.4 Å². The molecule has 140 valence electrons. The summed E-state index contributed by atoms with van der Waals surface area (Å²) in [5.41, 5.74) is 0.0545. The second-order valence-electron chi connectivity index (χ2n) is 5.25. The fraction of sp³-hybridized carbons (Fsp3) is 0.357. The molecule has 0 bridgehead atoms. The zero-order chi connectivity index (χ0) is 19.7. The lowest BCUT2D eigenvalue weighted by Crippen LogP contribution is -2.51. The molecule has 1 unspecified atom stereocenters. The standard InChI is InChI=1S/C14H17N5O6S/c1-26(24,25)9-12(13(20)16-8-2-7-15)18-14(21)17-10-3-5-11(6-4-10)19(22)23/h3-6,12H,2,8-9H2,1H3,(H,16,20)(H2,17,18,21). The van der Waals surface area contributed by atoms with E-state index in [2.05, 4.69) is 16.0 Å². The molecule has 0 spiro atoms. The molecule has 0 aliphatic carbocycles. The number of sulfone groups is 1. The minimum atomic E-state index is -3.58. The third-order valence-corrected chi connectivity index (χ3v) is 3.90. The number of nitrogens with zero attached hydrogens (tertiary/aromatic N) is 2. The maximum atomic E-state index is 12.0. The molecular formula is C14H17N5O6S. The van der Waals surface area contributed by atoms with Crippen LogP contribution >= 0.6 is 0 Å². The normalized spacial score (nSPS) is 11.7. The van der Waals surface area contributed by atoms with Gasteiger partial charge in [-0.1, -0.05) is 0 Å². The van der Waals surface area contributed by atoms with Crippen molar-refractivity contribution >= 4 is 33.2 Å². The summed E-state index contributed by atoms with van der Waals surface area (Å²) in [6.07, 6.45) is 0.949. The monoisotopic (exact) mass is 383 g/mol. The summed E-state index contributed by atoms with van der Waals surface area (Å²) in [5, 5.41) is 26.0. The van der Waals surface area contributed by atoms with Gasteiger partial charge in [0.25, 0.3) is 5.69 Å². The molecule has 3 N–H and O–H groups in total. The van der Waals surface area contributed by atoms with Gasteiger partial charge < -0.3 is 16.0 Å². The third kappa shape index (κ3) is 7.58. The smallest absolute Gasteiger partial charge is 0.319 e. The maximum Gasteiger partial charge on any atom is 0.319 e. The van der Waals surface area contributed by atoms with Crippen molar-refractivity contribution in [3.8, 4) is 6.07 Å². The van der Waals surface area contributed by atoms with E-state index in [0.717, 1.165) is 6.26 Å². The molecule has 26 heavy (non-hydrogen) atoms. The van der Waals surface area contributed by atoms with Crippen LogP contribution in [0.1, 0.15) is 6.42 Å². The van der Waals surface area contributed by atoms with Gasteiger partial charge in [-0.15, -0.1) is 0 Å². The Bertz CT molecular complexity index is 815. The molecule has 3 amide bonds. The molecule has 0 saturated heterocycles. The molecule has 12 heteroatoms. The van der Waals surface area contributed by atoms with E-state index in [0.29, 0.717) is 0 Å². The maximum absolute atomic E-state index is 12.0. The third-order valence-electron chi connectivity index (χ3n) is 2.96. The van der Waals surface area contributed by atoms with E-state index in [-0.39, 0.29) is 24.3 Å². The topological polar surface area (TPSA) is 171 Å². The van der Waals surface area contributed by atoms with Gasteiger partial charge in [0, 0.05) is 30.6 Å². The van der Waals surface area contributed by atoms with Crippen LogP contribution in [0.25, 0.3) is 0 Å². The highest BCUT2D eigenvalue weighted by Crippen LogP contribution is 2.15. The SMILES string of the molecule is CS(=O)(=O)CC(NC(=O)Nc1ccc([N+](=O)[O-])cc1)C(=O)NCCC#N. The zero-order valence-corrected chi connectivity index (χ0v) is 14.6. The lowest BCUT2D eigenvalue weighted by Gasteiger charge is -2.17. The van der Waals surface area contributed by atoms with E-state index in [9.17, 15) is 28.1 Å². The van der Waals surface area contributed by atoms with E-state index in [4.69, 9.17) is 5.26 Å². The Kier molecular flexibility index (Phi) is 7.48. The van der Waals surface area contributed by atoms with Crippen molar-refractivity contribution in [2.75, 3.05) is 23.9 Å². The zero-order valence-electron chi connectivity index (χ0n) is 13.8. The highest BCUT2D eigenvalue weighted by atomic mass is 32.2. The van der Waals surface area contributed by atoms with E-state index in [1.165, 1.54) is 24.3 Å². The highest BCUT2D eigenvalue weighted by Gasteiger charge is 2.25. The molecule has 0 aromatic heterocycles. The first-order chi connectivity index (χ1) is 12.1. The van der Waals surface area contributed by atoms with Crippen LogP contribution < -0.4 is 16.0 Å². The number of nitrogens with one attached hydrogen (secondary N) is 3. The fourth-order valence-corrected chi connectivity index (χ4v) is 2.68. The minimum Gasteiger partial charge on any atom is -0.353 e. The summed E-state index contributed by atoms with van der Waals surface area (Å²) in [7, 11) is -3.58. The van der Waals surface area contributed by atoms with Crippen molar-refractivity contribution in [3.05, 3.63) is 34.4 Å². The average molecular weight is 383 g/mol. The molecule has 0 fully saturated rings. The van der Waals surface area contributed by atoms with Crippen molar-refractivity contribution in [2.45, 2.75) is 12.5 Å². The highest BCUT2D eigenvalue weighted by molar-refractivity contribution is 7.90. The number of carbonyl (C=O) groups excluding carboxylic acids is 2. The summed E-state index contributed by atoms with van der Waals surface area (Å²) in [5.74, 6) is -1.37. The Morgan fingerprint density at radius 2 is 1.92 bits per heavy atom. The van der Waals surface area contributed by atoms with Crippen molar-refractivity contribution < 1.29 is 22.9 Å². The fourth-order valence-electron chi connectivity index (χ4n) is 1.84. The molecule has 1 aromatic rings. The first kappa shape index (κ1) is 20.8. The molecule has 1 rings (SSSR count). The van der Waals surface area contributed by atoms with Gasteiger partial charge >= 0.3 is 6.03 Å². The predicted molar refractivity (Wildman–Crippen MR) is 92.0 cm³/mol. The largest absolute Gasteiger partial charge is 0.353 e. The number of hydrogen-bond acceptors (Lipinski definition) is 7. The second-order valence-corrected chi connectivity index (χ2v) is 7.43. The van der Waals surface area contributed by atoms with Gasteiger partial charge in [0.15, 0.2) is 0 Å². The summed E-state index contributed by atoms with van der Waals surface area (Å²) in [6.45, 7) is 0.0151. The number of urea groups is 1. The van der Waals surface area contributed by atoms with Crippen molar-refractivity contribution in [3.63, 3.8) is 0 Å². The Labute approximate surface area is 149 Å². The minimum absolute atomic E-state index is 0.0151. The first-order valence-electron chi connectivity index (χ1n) is 7.26.